The van der Waals surface area contributed by atoms with E-state index in [9.17, 15) is 4.79 Å². The van der Waals surface area contributed by atoms with E-state index in [0.29, 0.717) is 27.1 Å². The Morgan fingerprint density at radius 1 is 1.22 bits per heavy atom. The standard InChI is InChI=1S/C13H9Cl2NO2/c14-8-1-4-11(15)10(7-8)12-5-2-9(18-12)3-6-13(16)17/h1-7H,(H2,16,17)/b6-3-. The first-order valence-corrected chi connectivity index (χ1v) is 5.84. The Balaban J connectivity index is 2.35. The van der Waals surface area contributed by atoms with Crippen molar-refractivity contribution in [1.82, 2.24) is 0 Å². The number of benzene rings is 1. The van der Waals surface area contributed by atoms with Crippen LogP contribution >= 0.6 is 23.2 Å². The van der Waals surface area contributed by atoms with Crippen LogP contribution in [0, 0.1) is 0 Å². The van der Waals surface area contributed by atoms with Crippen molar-refractivity contribution in [2.45, 2.75) is 0 Å². The monoisotopic (exact) mass is 281 g/mol. The number of amides is 1. The predicted octanol–water partition coefficient (Wildman–Crippen LogP) is 3.75. The summed E-state index contributed by atoms with van der Waals surface area (Å²) in [5.41, 5.74) is 5.69. The van der Waals surface area contributed by atoms with Crippen molar-refractivity contribution < 1.29 is 9.21 Å². The molecule has 0 fully saturated rings. The van der Waals surface area contributed by atoms with Gasteiger partial charge in [0, 0.05) is 16.7 Å². The van der Waals surface area contributed by atoms with Gasteiger partial charge in [0.25, 0.3) is 0 Å². The molecule has 1 aromatic heterocycles. The quantitative estimate of drug-likeness (QED) is 0.871. The van der Waals surface area contributed by atoms with Gasteiger partial charge in [0.15, 0.2) is 0 Å². The summed E-state index contributed by atoms with van der Waals surface area (Å²) in [6.07, 6.45) is 2.71. The lowest BCUT2D eigenvalue weighted by Gasteiger charge is -2.00. The lowest BCUT2D eigenvalue weighted by atomic mass is 10.2. The van der Waals surface area contributed by atoms with Crippen LogP contribution in [-0.4, -0.2) is 5.91 Å². The average Bonchev–Trinajstić information content (AvgIpc) is 2.78. The number of carbonyl (C=O) groups is 1. The summed E-state index contributed by atoms with van der Waals surface area (Å²) >= 11 is 12.0. The molecule has 1 heterocycles. The maximum atomic E-state index is 10.6. The number of nitrogens with two attached hydrogens (primary N) is 1. The molecule has 1 aromatic carbocycles. The third kappa shape index (κ3) is 2.94. The maximum Gasteiger partial charge on any atom is 0.241 e. The SMILES string of the molecule is NC(=O)/C=C\c1ccc(-c2cc(Cl)ccc2Cl)o1. The first kappa shape index (κ1) is 12.7. The molecule has 0 bridgehead atoms. The minimum atomic E-state index is -0.534. The Hall–Kier alpha value is -1.71. The number of furan rings is 1. The van der Waals surface area contributed by atoms with Gasteiger partial charge < -0.3 is 10.2 Å². The molecule has 0 saturated carbocycles. The zero-order valence-corrected chi connectivity index (χ0v) is 10.7. The van der Waals surface area contributed by atoms with E-state index in [4.69, 9.17) is 33.4 Å². The van der Waals surface area contributed by atoms with Gasteiger partial charge >= 0.3 is 0 Å². The molecule has 2 aromatic rings. The highest BCUT2D eigenvalue weighted by atomic mass is 35.5. The largest absolute Gasteiger partial charge is 0.457 e. The van der Waals surface area contributed by atoms with E-state index in [-0.39, 0.29) is 0 Å². The van der Waals surface area contributed by atoms with E-state index in [2.05, 4.69) is 0 Å². The van der Waals surface area contributed by atoms with Crippen molar-refractivity contribution in [3.63, 3.8) is 0 Å². The molecule has 0 aliphatic carbocycles. The zero-order chi connectivity index (χ0) is 13.1. The number of carbonyl (C=O) groups excluding carboxylic acids is 1. The topological polar surface area (TPSA) is 56.2 Å². The van der Waals surface area contributed by atoms with Gasteiger partial charge in [-0.1, -0.05) is 23.2 Å². The van der Waals surface area contributed by atoms with Crippen LogP contribution in [0.4, 0.5) is 0 Å². The van der Waals surface area contributed by atoms with Gasteiger partial charge in [-0.2, -0.15) is 0 Å². The second-order valence-corrected chi connectivity index (χ2v) is 4.41. The summed E-state index contributed by atoms with van der Waals surface area (Å²) in [5, 5.41) is 1.11. The van der Waals surface area contributed by atoms with Crippen molar-refractivity contribution in [2.75, 3.05) is 0 Å². The third-order valence-electron chi connectivity index (χ3n) is 2.23. The highest BCUT2D eigenvalue weighted by Crippen LogP contribution is 2.31. The lowest BCUT2D eigenvalue weighted by molar-refractivity contribution is -0.113. The molecule has 0 spiro atoms. The molecule has 0 aliphatic rings. The normalized spacial score (nSPS) is 11.0. The minimum Gasteiger partial charge on any atom is -0.457 e. The first-order valence-electron chi connectivity index (χ1n) is 5.09. The molecule has 2 rings (SSSR count). The molecule has 5 heteroatoms. The summed E-state index contributed by atoms with van der Waals surface area (Å²) in [4.78, 5) is 10.6. The third-order valence-corrected chi connectivity index (χ3v) is 2.80. The fourth-order valence-electron chi connectivity index (χ4n) is 1.44. The highest BCUT2D eigenvalue weighted by molar-refractivity contribution is 6.35. The molecule has 0 saturated heterocycles. The van der Waals surface area contributed by atoms with Crippen molar-refractivity contribution in [2.24, 2.45) is 5.73 Å². The molecule has 2 N–H and O–H groups in total. The number of halogens is 2. The zero-order valence-electron chi connectivity index (χ0n) is 9.19. The summed E-state index contributed by atoms with van der Waals surface area (Å²) in [5.74, 6) is 0.556. The Morgan fingerprint density at radius 3 is 2.72 bits per heavy atom. The summed E-state index contributed by atoms with van der Waals surface area (Å²) in [6, 6.07) is 8.57. The van der Waals surface area contributed by atoms with Crippen LogP contribution in [0.15, 0.2) is 40.8 Å². The summed E-state index contributed by atoms with van der Waals surface area (Å²) in [7, 11) is 0. The van der Waals surface area contributed by atoms with E-state index in [0.717, 1.165) is 0 Å². The smallest absolute Gasteiger partial charge is 0.241 e. The number of primary amides is 1. The molecule has 92 valence electrons. The molecule has 0 unspecified atom stereocenters. The molecule has 1 amide bonds. The molecule has 0 aliphatic heterocycles. The predicted molar refractivity (Wildman–Crippen MR) is 72.4 cm³/mol. The van der Waals surface area contributed by atoms with E-state index >= 15 is 0 Å². The van der Waals surface area contributed by atoms with E-state index in [1.807, 2.05) is 0 Å². The van der Waals surface area contributed by atoms with Crippen molar-refractivity contribution >= 4 is 35.2 Å². The van der Waals surface area contributed by atoms with Gasteiger partial charge in [0.05, 0.1) is 5.02 Å². The van der Waals surface area contributed by atoms with Crippen LogP contribution in [-0.2, 0) is 4.79 Å². The van der Waals surface area contributed by atoms with Gasteiger partial charge in [-0.15, -0.1) is 0 Å². The van der Waals surface area contributed by atoms with Crippen LogP contribution < -0.4 is 5.73 Å². The molecule has 0 atom stereocenters. The Kier molecular flexibility index (Phi) is 3.75. The van der Waals surface area contributed by atoms with Gasteiger partial charge in [-0.3, -0.25) is 4.79 Å². The minimum absolute atomic E-state index is 0.514. The molecule has 18 heavy (non-hydrogen) atoms. The van der Waals surface area contributed by atoms with Crippen molar-refractivity contribution in [1.29, 1.82) is 0 Å². The Labute approximate surface area is 114 Å². The molecular formula is C13H9Cl2NO2. The second kappa shape index (κ2) is 5.29. The fourth-order valence-corrected chi connectivity index (χ4v) is 1.82. The van der Waals surface area contributed by atoms with Crippen LogP contribution in [0.2, 0.25) is 10.0 Å². The summed E-state index contributed by atoms with van der Waals surface area (Å²) in [6.45, 7) is 0. The fraction of sp³-hybridized carbons (Fsp3) is 0. The van der Waals surface area contributed by atoms with Crippen LogP contribution in [0.3, 0.4) is 0 Å². The number of rotatable bonds is 3. The molecule has 3 nitrogen and oxygen atoms in total. The molecular weight excluding hydrogens is 273 g/mol. The lowest BCUT2D eigenvalue weighted by Crippen LogP contribution is -2.04. The van der Waals surface area contributed by atoms with Gasteiger partial charge in [0.1, 0.15) is 11.5 Å². The van der Waals surface area contributed by atoms with Crippen molar-refractivity contribution in [3.8, 4) is 11.3 Å². The van der Waals surface area contributed by atoms with Crippen LogP contribution in [0.25, 0.3) is 17.4 Å². The highest BCUT2D eigenvalue weighted by Gasteiger charge is 2.08. The summed E-state index contributed by atoms with van der Waals surface area (Å²) < 4.78 is 5.52. The number of hydrogen-bond acceptors (Lipinski definition) is 2. The number of hydrogen-bond donors (Lipinski definition) is 1. The average molecular weight is 282 g/mol. The molecule has 0 radical (unpaired) electrons. The van der Waals surface area contributed by atoms with E-state index in [1.54, 1.807) is 30.3 Å². The Bertz CT molecular complexity index is 617. The van der Waals surface area contributed by atoms with Gasteiger partial charge in [0.2, 0.25) is 5.91 Å². The maximum absolute atomic E-state index is 10.6. The van der Waals surface area contributed by atoms with Crippen LogP contribution in [0.5, 0.6) is 0 Å². The van der Waals surface area contributed by atoms with E-state index < -0.39 is 5.91 Å². The second-order valence-electron chi connectivity index (χ2n) is 3.56. The Morgan fingerprint density at radius 2 is 2.00 bits per heavy atom. The van der Waals surface area contributed by atoms with Gasteiger partial charge in [-0.05, 0) is 36.4 Å². The van der Waals surface area contributed by atoms with Gasteiger partial charge in [-0.25, -0.2) is 0 Å². The van der Waals surface area contributed by atoms with Crippen molar-refractivity contribution in [3.05, 3.63) is 52.2 Å². The first-order chi connectivity index (χ1) is 8.56. The van der Waals surface area contributed by atoms with E-state index in [1.165, 1.54) is 12.2 Å². The van der Waals surface area contributed by atoms with Crippen LogP contribution in [0.1, 0.15) is 5.76 Å².